The summed E-state index contributed by atoms with van der Waals surface area (Å²) in [6, 6.07) is 0. The van der Waals surface area contributed by atoms with Gasteiger partial charge in [-0.3, -0.25) is 5.84 Å². The molecule has 0 aliphatic carbocycles. The van der Waals surface area contributed by atoms with E-state index in [1.807, 2.05) is 12.1 Å². The second-order valence-corrected chi connectivity index (χ2v) is 2.85. The number of hydrogen-bond donors (Lipinski definition) is 2. The Balaban J connectivity index is 3.02. The molecule has 3 N–H and O–H groups in total. The summed E-state index contributed by atoms with van der Waals surface area (Å²) >= 11 is 0. The molecule has 0 saturated carbocycles. The summed E-state index contributed by atoms with van der Waals surface area (Å²) in [5.74, 6) is 5.69. The second-order valence-electron chi connectivity index (χ2n) is 2.85. The van der Waals surface area contributed by atoms with Crippen molar-refractivity contribution in [3.05, 3.63) is 0 Å². The lowest BCUT2D eigenvalue weighted by atomic mass is 10.2. The Morgan fingerprint density at radius 3 is 2.55 bits per heavy atom. The predicted molar refractivity (Wildman–Crippen MR) is 49.2 cm³/mol. The van der Waals surface area contributed by atoms with Crippen LogP contribution < -0.4 is 11.2 Å². The Kier molecular flexibility index (Phi) is 7.89. The molecule has 0 atom stereocenters. The summed E-state index contributed by atoms with van der Waals surface area (Å²) in [6.45, 7) is 5.15. The molecule has 3 nitrogen and oxygen atoms in total. The van der Waals surface area contributed by atoms with Gasteiger partial charge in [-0.15, -0.1) is 0 Å². The van der Waals surface area contributed by atoms with Crippen LogP contribution in [0.4, 0.5) is 0 Å². The Morgan fingerprint density at radius 1 is 1.27 bits per heavy atom. The molecule has 0 radical (unpaired) electrons. The largest absolute Gasteiger partial charge is 0.318 e. The highest BCUT2D eigenvalue weighted by molar-refractivity contribution is 4.50. The van der Waals surface area contributed by atoms with Crippen LogP contribution in [0.25, 0.3) is 0 Å². The summed E-state index contributed by atoms with van der Waals surface area (Å²) in [7, 11) is 1.94. The van der Waals surface area contributed by atoms with Gasteiger partial charge in [0.1, 0.15) is 0 Å². The average Bonchev–Trinajstić information content (AvgIpc) is 2.01. The van der Waals surface area contributed by atoms with E-state index >= 15 is 0 Å². The molecule has 11 heavy (non-hydrogen) atoms. The van der Waals surface area contributed by atoms with Crippen molar-refractivity contribution in [3.63, 3.8) is 0 Å². The Bertz CT molecular complexity index is 75.7. The highest BCUT2D eigenvalue weighted by Gasteiger charge is 1.95. The third-order valence-electron chi connectivity index (χ3n) is 1.70. The Morgan fingerprint density at radius 2 is 2.00 bits per heavy atom. The van der Waals surface area contributed by atoms with E-state index in [-0.39, 0.29) is 0 Å². The van der Waals surface area contributed by atoms with Crippen LogP contribution in [0, 0.1) is 0 Å². The molecule has 0 amide bonds. The van der Waals surface area contributed by atoms with Gasteiger partial charge in [-0.1, -0.05) is 19.8 Å². The molecule has 0 spiro atoms. The van der Waals surface area contributed by atoms with E-state index in [0.717, 1.165) is 19.6 Å². The first-order valence-electron chi connectivity index (χ1n) is 4.45. The number of nitrogens with one attached hydrogen (secondary N) is 1. The molecule has 0 aromatic heterocycles. The highest BCUT2D eigenvalue weighted by Crippen LogP contribution is 1.93. The van der Waals surface area contributed by atoms with Gasteiger partial charge in [-0.25, -0.2) is 5.01 Å². The average molecular weight is 159 g/mol. The quantitative estimate of drug-likeness (QED) is 0.324. The molecule has 0 aromatic carbocycles. The first-order valence-corrected chi connectivity index (χ1v) is 4.45. The van der Waals surface area contributed by atoms with Crippen molar-refractivity contribution < 1.29 is 0 Å². The van der Waals surface area contributed by atoms with Crippen LogP contribution in [-0.4, -0.2) is 31.7 Å². The molecule has 0 aliphatic rings. The topological polar surface area (TPSA) is 41.3 Å². The maximum absolute atomic E-state index is 5.69. The third kappa shape index (κ3) is 7.78. The summed E-state index contributed by atoms with van der Waals surface area (Å²) < 4.78 is 0. The molecule has 0 aliphatic heterocycles. The lowest BCUT2D eigenvalue weighted by Gasteiger charge is -2.14. The van der Waals surface area contributed by atoms with E-state index in [9.17, 15) is 0 Å². The maximum Gasteiger partial charge on any atom is 0.0253 e. The predicted octanol–water partition coefficient (Wildman–Crippen LogP) is 0.572. The van der Waals surface area contributed by atoms with E-state index in [1.54, 1.807) is 0 Å². The van der Waals surface area contributed by atoms with E-state index in [0.29, 0.717) is 0 Å². The fourth-order valence-corrected chi connectivity index (χ4v) is 0.932. The fourth-order valence-electron chi connectivity index (χ4n) is 0.932. The molecule has 3 heteroatoms. The normalized spacial score (nSPS) is 10.9. The molecular weight excluding hydrogens is 138 g/mol. The van der Waals surface area contributed by atoms with Crippen molar-refractivity contribution in [1.29, 1.82) is 0 Å². The standard InChI is InChI=1S/C8H21N3/c1-3-4-5-7-11(9)8-6-10-2/h10H,3-9H2,1-2H3. The molecule has 0 aromatic rings. The molecular formula is C8H21N3. The number of hydrazine groups is 1. The van der Waals surface area contributed by atoms with E-state index in [1.165, 1.54) is 19.3 Å². The van der Waals surface area contributed by atoms with Crippen LogP contribution in [0.15, 0.2) is 0 Å². The van der Waals surface area contributed by atoms with Gasteiger partial charge in [0.2, 0.25) is 0 Å². The molecule has 0 saturated heterocycles. The summed E-state index contributed by atoms with van der Waals surface area (Å²) in [5, 5.41) is 4.95. The summed E-state index contributed by atoms with van der Waals surface area (Å²) in [5.41, 5.74) is 0. The SMILES string of the molecule is CCCCCN(N)CCNC. The number of hydrogen-bond acceptors (Lipinski definition) is 3. The van der Waals surface area contributed by atoms with Crippen LogP contribution in [0.3, 0.4) is 0 Å². The highest BCUT2D eigenvalue weighted by atomic mass is 15.4. The van der Waals surface area contributed by atoms with Crippen molar-refractivity contribution in [3.8, 4) is 0 Å². The number of unbranched alkanes of at least 4 members (excludes halogenated alkanes) is 2. The molecule has 0 rings (SSSR count). The van der Waals surface area contributed by atoms with Crippen molar-refractivity contribution in [1.82, 2.24) is 10.3 Å². The lowest BCUT2D eigenvalue weighted by molar-refractivity contribution is 0.278. The minimum absolute atomic E-state index is 0.945. The number of rotatable bonds is 7. The monoisotopic (exact) mass is 159 g/mol. The maximum atomic E-state index is 5.69. The number of nitrogens with zero attached hydrogens (tertiary/aromatic N) is 1. The van der Waals surface area contributed by atoms with Crippen molar-refractivity contribution >= 4 is 0 Å². The smallest absolute Gasteiger partial charge is 0.0253 e. The third-order valence-corrected chi connectivity index (χ3v) is 1.70. The van der Waals surface area contributed by atoms with Gasteiger partial charge in [0, 0.05) is 19.6 Å². The minimum Gasteiger partial charge on any atom is -0.318 e. The van der Waals surface area contributed by atoms with Gasteiger partial charge < -0.3 is 5.32 Å². The van der Waals surface area contributed by atoms with Crippen LogP contribution in [0.1, 0.15) is 26.2 Å². The zero-order valence-corrected chi connectivity index (χ0v) is 7.77. The zero-order chi connectivity index (χ0) is 8.53. The van der Waals surface area contributed by atoms with Crippen LogP contribution >= 0.6 is 0 Å². The number of likely N-dealkylation sites (N-methyl/N-ethyl adjacent to an activating group) is 1. The van der Waals surface area contributed by atoms with Gasteiger partial charge in [-0.05, 0) is 13.5 Å². The van der Waals surface area contributed by atoms with Gasteiger partial charge in [-0.2, -0.15) is 0 Å². The molecule has 0 unspecified atom stereocenters. The van der Waals surface area contributed by atoms with Gasteiger partial charge in [0.05, 0.1) is 0 Å². The van der Waals surface area contributed by atoms with E-state index in [4.69, 9.17) is 5.84 Å². The van der Waals surface area contributed by atoms with Gasteiger partial charge in [0.25, 0.3) is 0 Å². The first-order chi connectivity index (χ1) is 5.31. The van der Waals surface area contributed by atoms with Crippen LogP contribution in [0.2, 0.25) is 0 Å². The van der Waals surface area contributed by atoms with E-state index < -0.39 is 0 Å². The minimum atomic E-state index is 0.945. The van der Waals surface area contributed by atoms with Crippen molar-refractivity contribution in [2.45, 2.75) is 26.2 Å². The molecule has 0 fully saturated rings. The lowest BCUT2D eigenvalue weighted by Crippen LogP contribution is -2.37. The van der Waals surface area contributed by atoms with Crippen molar-refractivity contribution in [2.24, 2.45) is 5.84 Å². The van der Waals surface area contributed by atoms with Gasteiger partial charge >= 0.3 is 0 Å². The zero-order valence-electron chi connectivity index (χ0n) is 7.77. The summed E-state index contributed by atoms with van der Waals surface area (Å²) in [6.07, 6.45) is 3.77. The molecule has 0 bridgehead atoms. The first kappa shape index (κ1) is 10.9. The Labute approximate surface area is 69.9 Å². The van der Waals surface area contributed by atoms with Gasteiger partial charge in [0.15, 0.2) is 0 Å². The summed E-state index contributed by atoms with van der Waals surface area (Å²) in [4.78, 5) is 0. The molecule has 0 heterocycles. The van der Waals surface area contributed by atoms with E-state index in [2.05, 4.69) is 12.2 Å². The second kappa shape index (κ2) is 7.98. The Hall–Kier alpha value is -0.120. The molecule has 68 valence electrons. The van der Waals surface area contributed by atoms with Crippen molar-refractivity contribution in [2.75, 3.05) is 26.7 Å². The van der Waals surface area contributed by atoms with Crippen LogP contribution in [0.5, 0.6) is 0 Å². The fraction of sp³-hybridized carbons (Fsp3) is 1.00. The van der Waals surface area contributed by atoms with Crippen LogP contribution in [-0.2, 0) is 0 Å². The number of nitrogens with two attached hydrogens (primary N) is 1.